The number of benzene rings is 2. The van der Waals surface area contributed by atoms with Gasteiger partial charge in [0.05, 0.1) is 0 Å². The highest BCUT2D eigenvalue weighted by Crippen LogP contribution is 2.37. The quantitative estimate of drug-likeness (QED) is 0.419. The van der Waals surface area contributed by atoms with Crippen LogP contribution >= 0.6 is 0 Å². The molecule has 2 atom stereocenters. The molecule has 2 aliphatic carbocycles. The standard InChI is InChI=1S/C30H33N3O/c1-29(15-7-3-8-16-29)19-13-23-21-24(14-20-30(2)17-9-4-10-18-30)28(34)27(22-23)33-31-25-11-5-6-12-26(25)32-33/h3-12,15,17,21-22,34H,13-14,16,18-20H2,1-2H3. The van der Waals surface area contributed by atoms with Crippen LogP contribution in [0.4, 0.5) is 0 Å². The Kier molecular flexibility index (Phi) is 5.99. The number of nitrogens with zero attached hydrogens (tertiary/aromatic N) is 3. The molecule has 4 heteroatoms. The van der Waals surface area contributed by atoms with E-state index in [4.69, 9.17) is 0 Å². The number of phenols is 1. The lowest BCUT2D eigenvalue weighted by atomic mass is 9.78. The summed E-state index contributed by atoms with van der Waals surface area (Å²) in [6.45, 7) is 4.61. The van der Waals surface area contributed by atoms with Crippen molar-refractivity contribution in [3.63, 3.8) is 0 Å². The highest BCUT2D eigenvalue weighted by atomic mass is 16.3. The summed E-state index contributed by atoms with van der Waals surface area (Å²) in [5.74, 6) is 0.287. The molecule has 0 saturated heterocycles. The fraction of sp³-hybridized carbons (Fsp3) is 0.333. The molecule has 0 bridgehead atoms. The molecule has 1 aromatic heterocycles. The zero-order valence-corrected chi connectivity index (χ0v) is 20.1. The summed E-state index contributed by atoms with van der Waals surface area (Å²) in [5.41, 5.74) is 4.79. The SMILES string of the molecule is CC1(CCc2cc(CCC3(C)C=CC=CC3)c(O)c(-n3nc4ccccc4n3)c2)C=CC=CC1. The third kappa shape index (κ3) is 4.77. The molecule has 2 unspecified atom stereocenters. The van der Waals surface area contributed by atoms with Crippen LogP contribution in [0.2, 0.25) is 0 Å². The highest BCUT2D eigenvalue weighted by Gasteiger charge is 2.24. The van der Waals surface area contributed by atoms with Crippen molar-refractivity contribution in [3.05, 3.63) is 96.1 Å². The van der Waals surface area contributed by atoms with E-state index in [1.807, 2.05) is 24.3 Å². The van der Waals surface area contributed by atoms with E-state index in [-0.39, 0.29) is 16.6 Å². The zero-order chi connectivity index (χ0) is 23.6. The normalized spacial score (nSPS) is 23.7. The molecule has 34 heavy (non-hydrogen) atoms. The van der Waals surface area contributed by atoms with E-state index in [2.05, 4.69) is 84.8 Å². The van der Waals surface area contributed by atoms with E-state index in [1.165, 1.54) is 5.56 Å². The number of aromatic nitrogens is 3. The lowest BCUT2D eigenvalue weighted by Crippen LogP contribution is -2.16. The second-order valence-electron chi connectivity index (χ2n) is 10.4. The van der Waals surface area contributed by atoms with Gasteiger partial charge in [0.1, 0.15) is 22.5 Å². The Bertz CT molecular complexity index is 1280. The van der Waals surface area contributed by atoms with Gasteiger partial charge in [0, 0.05) is 0 Å². The fourth-order valence-electron chi connectivity index (χ4n) is 4.96. The lowest BCUT2D eigenvalue weighted by Gasteiger charge is -2.27. The Morgan fingerprint density at radius 1 is 0.824 bits per heavy atom. The third-order valence-electron chi connectivity index (χ3n) is 7.34. The molecule has 0 fully saturated rings. The summed E-state index contributed by atoms with van der Waals surface area (Å²) in [7, 11) is 0. The third-order valence-corrected chi connectivity index (χ3v) is 7.34. The molecule has 1 N–H and O–H groups in total. The minimum Gasteiger partial charge on any atom is -0.505 e. The number of hydrogen-bond donors (Lipinski definition) is 1. The first kappa shape index (κ1) is 22.4. The molecule has 0 aliphatic heterocycles. The summed E-state index contributed by atoms with van der Waals surface area (Å²) in [5, 5.41) is 20.6. The Balaban J connectivity index is 1.47. The Morgan fingerprint density at radius 2 is 1.41 bits per heavy atom. The zero-order valence-electron chi connectivity index (χ0n) is 20.1. The van der Waals surface area contributed by atoms with Gasteiger partial charge in [0.25, 0.3) is 0 Å². The van der Waals surface area contributed by atoms with Gasteiger partial charge >= 0.3 is 0 Å². The van der Waals surface area contributed by atoms with Crippen LogP contribution in [-0.4, -0.2) is 20.1 Å². The van der Waals surface area contributed by atoms with Crippen LogP contribution in [0.3, 0.4) is 0 Å². The number of aryl methyl sites for hydroxylation is 2. The average molecular weight is 452 g/mol. The maximum absolute atomic E-state index is 11.3. The molecule has 4 nitrogen and oxygen atoms in total. The molecule has 0 radical (unpaired) electrons. The van der Waals surface area contributed by atoms with E-state index in [0.29, 0.717) is 5.69 Å². The van der Waals surface area contributed by atoms with Crippen molar-refractivity contribution in [1.82, 2.24) is 15.0 Å². The Morgan fingerprint density at radius 3 is 1.97 bits per heavy atom. The van der Waals surface area contributed by atoms with E-state index >= 15 is 0 Å². The summed E-state index contributed by atoms with van der Waals surface area (Å²) >= 11 is 0. The molecule has 1 heterocycles. The van der Waals surface area contributed by atoms with Crippen LogP contribution in [0.15, 0.2) is 85.0 Å². The first-order chi connectivity index (χ1) is 16.4. The number of hydrogen-bond acceptors (Lipinski definition) is 3. The van der Waals surface area contributed by atoms with Crippen LogP contribution in [0.25, 0.3) is 16.7 Å². The fourth-order valence-corrected chi connectivity index (χ4v) is 4.96. The van der Waals surface area contributed by atoms with Crippen LogP contribution in [0, 0.1) is 10.8 Å². The van der Waals surface area contributed by atoms with Gasteiger partial charge in [0.2, 0.25) is 0 Å². The Labute approximate surface area is 202 Å². The maximum Gasteiger partial charge on any atom is 0.146 e. The smallest absolute Gasteiger partial charge is 0.146 e. The molecule has 3 aromatic rings. The number of rotatable bonds is 7. The molecule has 174 valence electrons. The molecular formula is C30H33N3O. The van der Waals surface area contributed by atoms with Gasteiger partial charge in [0.15, 0.2) is 0 Å². The second kappa shape index (κ2) is 9.09. The van der Waals surface area contributed by atoms with Crippen molar-refractivity contribution in [2.24, 2.45) is 10.8 Å². The van der Waals surface area contributed by atoms with E-state index in [1.54, 1.807) is 4.80 Å². The molecule has 2 aliphatic rings. The number of aromatic hydroxyl groups is 1. The topological polar surface area (TPSA) is 50.9 Å². The van der Waals surface area contributed by atoms with E-state index < -0.39 is 0 Å². The van der Waals surface area contributed by atoms with Gasteiger partial charge in [-0.25, -0.2) is 0 Å². The van der Waals surface area contributed by atoms with Crippen molar-refractivity contribution in [1.29, 1.82) is 0 Å². The summed E-state index contributed by atoms with van der Waals surface area (Å²) in [6.07, 6.45) is 23.5. The number of fused-ring (bicyclic) bond motifs is 1. The van der Waals surface area contributed by atoms with Gasteiger partial charge in [-0.2, -0.15) is 0 Å². The van der Waals surface area contributed by atoms with Crippen molar-refractivity contribution < 1.29 is 5.11 Å². The van der Waals surface area contributed by atoms with Crippen LogP contribution < -0.4 is 0 Å². The first-order valence-corrected chi connectivity index (χ1v) is 12.3. The van der Waals surface area contributed by atoms with Crippen LogP contribution in [-0.2, 0) is 12.8 Å². The van der Waals surface area contributed by atoms with Gasteiger partial charge in [-0.3, -0.25) is 0 Å². The number of phenolic OH excluding ortho intramolecular Hbond substituents is 1. The minimum absolute atomic E-state index is 0.114. The molecule has 5 rings (SSSR count). The molecule has 2 aromatic carbocycles. The van der Waals surface area contributed by atoms with Crippen molar-refractivity contribution in [3.8, 4) is 11.4 Å². The van der Waals surface area contributed by atoms with Gasteiger partial charge in [-0.1, -0.05) is 80.7 Å². The van der Waals surface area contributed by atoms with Crippen LogP contribution in [0.5, 0.6) is 5.75 Å². The predicted octanol–water partition coefficient (Wildman–Crippen LogP) is 7.04. The molecule has 0 saturated carbocycles. The Hall–Kier alpha value is -3.40. The van der Waals surface area contributed by atoms with E-state index in [9.17, 15) is 5.11 Å². The van der Waals surface area contributed by atoms with E-state index in [0.717, 1.165) is 55.1 Å². The average Bonchev–Trinajstić information content (AvgIpc) is 3.28. The summed E-state index contributed by atoms with van der Waals surface area (Å²) in [4.78, 5) is 1.60. The highest BCUT2D eigenvalue weighted by molar-refractivity contribution is 5.73. The summed E-state index contributed by atoms with van der Waals surface area (Å²) < 4.78 is 0. The van der Waals surface area contributed by atoms with Crippen LogP contribution in [0.1, 0.15) is 50.7 Å². The molecule has 0 amide bonds. The maximum atomic E-state index is 11.3. The van der Waals surface area contributed by atoms with Gasteiger partial charge < -0.3 is 5.11 Å². The summed E-state index contributed by atoms with van der Waals surface area (Å²) in [6, 6.07) is 12.1. The lowest BCUT2D eigenvalue weighted by molar-refractivity contribution is 0.386. The second-order valence-corrected chi connectivity index (χ2v) is 10.4. The largest absolute Gasteiger partial charge is 0.505 e. The van der Waals surface area contributed by atoms with Crippen molar-refractivity contribution in [2.75, 3.05) is 0 Å². The molecular weight excluding hydrogens is 418 g/mol. The monoisotopic (exact) mass is 451 g/mol. The molecule has 0 spiro atoms. The van der Waals surface area contributed by atoms with Crippen molar-refractivity contribution >= 4 is 11.0 Å². The number of allylic oxidation sites excluding steroid dienone is 8. The predicted molar refractivity (Wildman–Crippen MR) is 139 cm³/mol. The van der Waals surface area contributed by atoms with Gasteiger partial charge in [-0.15, -0.1) is 15.0 Å². The van der Waals surface area contributed by atoms with Gasteiger partial charge in [-0.05, 0) is 78.7 Å². The van der Waals surface area contributed by atoms with Crippen molar-refractivity contribution in [2.45, 2.75) is 52.4 Å². The minimum atomic E-state index is 0.114. The first-order valence-electron chi connectivity index (χ1n) is 12.3.